The van der Waals surface area contributed by atoms with Gasteiger partial charge in [-0.25, -0.2) is 4.98 Å². The van der Waals surface area contributed by atoms with Crippen molar-refractivity contribution in [1.29, 1.82) is 0 Å². The van der Waals surface area contributed by atoms with Crippen LogP contribution in [0.1, 0.15) is 30.3 Å². The lowest BCUT2D eigenvalue weighted by Gasteiger charge is -2.06. The summed E-state index contributed by atoms with van der Waals surface area (Å²) in [5.74, 6) is 0.471. The van der Waals surface area contributed by atoms with Gasteiger partial charge in [0, 0.05) is 39.2 Å². The quantitative estimate of drug-likeness (QED) is 0.759. The third-order valence-electron chi connectivity index (χ3n) is 2.41. The standard InChI is InChI=1S/C12H23N3OS/c1-9(2)11-10(8-13-6-7-16-5)17-12(14-11)15(3)4/h9,13H,6-8H2,1-5H3. The third-order valence-corrected chi connectivity index (χ3v) is 3.65. The number of methoxy groups -OCH3 is 1. The second kappa shape index (κ2) is 6.93. The highest BCUT2D eigenvalue weighted by Gasteiger charge is 2.14. The number of thiazole rings is 1. The molecule has 4 nitrogen and oxygen atoms in total. The average Bonchev–Trinajstić information content (AvgIpc) is 2.68. The highest BCUT2D eigenvalue weighted by molar-refractivity contribution is 7.15. The van der Waals surface area contributed by atoms with E-state index in [9.17, 15) is 0 Å². The van der Waals surface area contributed by atoms with Crippen molar-refractivity contribution >= 4 is 16.5 Å². The molecule has 98 valence electrons. The fraction of sp³-hybridized carbons (Fsp3) is 0.750. The maximum absolute atomic E-state index is 5.02. The Morgan fingerprint density at radius 1 is 1.41 bits per heavy atom. The molecule has 0 spiro atoms. The summed E-state index contributed by atoms with van der Waals surface area (Å²) in [6.45, 7) is 6.88. The lowest BCUT2D eigenvalue weighted by molar-refractivity contribution is 0.199. The number of anilines is 1. The fourth-order valence-corrected chi connectivity index (χ4v) is 2.60. The Kier molecular flexibility index (Phi) is 5.88. The minimum Gasteiger partial charge on any atom is -0.383 e. The van der Waals surface area contributed by atoms with Crippen LogP contribution in [-0.2, 0) is 11.3 Å². The molecule has 1 aromatic rings. The van der Waals surface area contributed by atoms with E-state index in [1.54, 1.807) is 18.4 Å². The molecule has 1 aromatic heterocycles. The van der Waals surface area contributed by atoms with Crippen molar-refractivity contribution < 1.29 is 4.74 Å². The van der Waals surface area contributed by atoms with Crippen LogP contribution >= 0.6 is 11.3 Å². The van der Waals surface area contributed by atoms with Gasteiger partial charge in [0.2, 0.25) is 0 Å². The molecule has 0 radical (unpaired) electrons. The first-order valence-corrected chi connectivity index (χ1v) is 6.74. The van der Waals surface area contributed by atoms with Crippen LogP contribution in [0.25, 0.3) is 0 Å². The number of rotatable bonds is 7. The summed E-state index contributed by atoms with van der Waals surface area (Å²) >= 11 is 1.77. The third kappa shape index (κ3) is 4.26. The summed E-state index contributed by atoms with van der Waals surface area (Å²) in [7, 11) is 5.79. The monoisotopic (exact) mass is 257 g/mol. The normalized spacial score (nSPS) is 11.2. The molecule has 0 aromatic carbocycles. The molecule has 0 aliphatic carbocycles. The largest absolute Gasteiger partial charge is 0.383 e. The van der Waals surface area contributed by atoms with Gasteiger partial charge in [0.05, 0.1) is 12.3 Å². The van der Waals surface area contributed by atoms with Crippen molar-refractivity contribution in [2.45, 2.75) is 26.3 Å². The Labute approximate surface area is 108 Å². The summed E-state index contributed by atoms with van der Waals surface area (Å²) in [4.78, 5) is 8.08. The van der Waals surface area contributed by atoms with Crippen LogP contribution in [-0.4, -0.2) is 39.3 Å². The predicted octanol–water partition coefficient (Wildman–Crippen LogP) is 2.07. The van der Waals surface area contributed by atoms with Gasteiger partial charge in [0.1, 0.15) is 0 Å². The van der Waals surface area contributed by atoms with Crippen molar-refractivity contribution in [3.8, 4) is 0 Å². The zero-order valence-corrected chi connectivity index (χ0v) is 12.2. The van der Waals surface area contributed by atoms with Gasteiger partial charge in [-0.2, -0.15) is 0 Å². The highest BCUT2D eigenvalue weighted by atomic mass is 32.1. The van der Waals surface area contributed by atoms with Gasteiger partial charge in [-0.1, -0.05) is 13.8 Å². The van der Waals surface area contributed by atoms with E-state index in [0.717, 1.165) is 24.8 Å². The number of nitrogens with zero attached hydrogens (tertiary/aromatic N) is 2. The van der Waals surface area contributed by atoms with Crippen molar-refractivity contribution in [1.82, 2.24) is 10.3 Å². The van der Waals surface area contributed by atoms with E-state index in [2.05, 4.69) is 29.0 Å². The molecule has 17 heavy (non-hydrogen) atoms. The Balaban J connectivity index is 2.68. The van der Waals surface area contributed by atoms with Gasteiger partial charge in [-0.3, -0.25) is 0 Å². The molecule has 0 amide bonds. The number of nitrogens with one attached hydrogen (secondary N) is 1. The Morgan fingerprint density at radius 3 is 2.65 bits per heavy atom. The van der Waals surface area contributed by atoms with E-state index < -0.39 is 0 Å². The molecule has 1 rings (SSSR count). The molecule has 1 heterocycles. The van der Waals surface area contributed by atoms with Crippen LogP contribution in [0.4, 0.5) is 5.13 Å². The first kappa shape index (κ1) is 14.4. The maximum atomic E-state index is 5.02. The molecular formula is C12H23N3OS. The van der Waals surface area contributed by atoms with E-state index in [1.165, 1.54) is 10.6 Å². The zero-order valence-electron chi connectivity index (χ0n) is 11.4. The molecule has 0 saturated heterocycles. The lowest BCUT2D eigenvalue weighted by atomic mass is 10.1. The maximum Gasteiger partial charge on any atom is 0.185 e. The van der Waals surface area contributed by atoms with Gasteiger partial charge in [-0.15, -0.1) is 11.3 Å². The first-order valence-electron chi connectivity index (χ1n) is 5.92. The Bertz CT molecular complexity index is 336. The smallest absolute Gasteiger partial charge is 0.185 e. The lowest BCUT2D eigenvalue weighted by Crippen LogP contribution is -2.18. The van der Waals surface area contributed by atoms with E-state index in [4.69, 9.17) is 4.74 Å². The topological polar surface area (TPSA) is 37.4 Å². The average molecular weight is 257 g/mol. The van der Waals surface area contributed by atoms with Crippen LogP contribution in [0.5, 0.6) is 0 Å². The molecular weight excluding hydrogens is 234 g/mol. The highest BCUT2D eigenvalue weighted by Crippen LogP contribution is 2.29. The van der Waals surface area contributed by atoms with E-state index in [-0.39, 0.29) is 0 Å². The van der Waals surface area contributed by atoms with E-state index >= 15 is 0 Å². The predicted molar refractivity (Wildman–Crippen MR) is 74.1 cm³/mol. The van der Waals surface area contributed by atoms with Gasteiger partial charge < -0.3 is 15.0 Å². The van der Waals surface area contributed by atoms with Crippen LogP contribution in [0.15, 0.2) is 0 Å². The Morgan fingerprint density at radius 2 is 2.12 bits per heavy atom. The van der Waals surface area contributed by atoms with Crippen LogP contribution < -0.4 is 10.2 Å². The minimum atomic E-state index is 0.471. The van der Waals surface area contributed by atoms with Crippen molar-refractivity contribution in [3.05, 3.63) is 10.6 Å². The molecule has 0 unspecified atom stereocenters. The summed E-state index contributed by atoms with van der Waals surface area (Å²) < 4.78 is 5.02. The van der Waals surface area contributed by atoms with Crippen LogP contribution in [0.2, 0.25) is 0 Å². The van der Waals surface area contributed by atoms with E-state index in [1.807, 2.05) is 14.1 Å². The van der Waals surface area contributed by atoms with E-state index in [0.29, 0.717) is 5.92 Å². The van der Waals surface area contributed by atoms with Gasteiger partial charge in [0.15, 0.2) is 5.13 Å². The molecule has 5 heteroatoms. The number of aromatic nitrogens is 1. The molecule has 0 bridgehead atoms. The number of hydrogen-bond acceptors (Lipinski definition) is 5. The second-order valence-corrected chi connectivity index (χ2v) is 5.59. The minimum absolute atomic E-state index is 0.471. The number of ether oxygens (including phenoxy) is 1. The van der Waals surface area contributed by atoms with Gasteiger partial charge in [0.25, 0.3) is 0 Å². The molecule has 1 N–H and O–H groups in total. The van der Waals surface area contributed by atoms with Crippen molar-refractivity contribution in [2.24, 2.45) is 0 Å². The van der Waals surface area contributed by atoms with Gasteiger partial charge in [-0.05, 0) is 5.92 Å². The zero-order chi connectivity index (χ0) is 12.8. The summed E-state index contributed by atoms with van der Waals surface area (Å²) in [6.07, 6.45) is 0. The second-order valence-electron chi connectivity index (χ2n) is 4.52. The molecule has 0 aliphatic heterocycles. The van der Waals surface area contributed by atoms with Gasteiger partial charge >= 0.3 is 0 Å². The SMILES string of the molecule is COCCNCc1sc(N(C)C)nc1C(C)C. The fourth-order valence-electron chi connectivity index (χ4n) is 1.50. The van der Waals surface area contributed by atoms with Crippen molar-refractivity contribution in [2.75, 3.05) is 39.3 Å². The first-order chi connectivity index (χ1) is 8.06. The molecule has 0 atom stereocenters. The van der Waals surface area contributed by atoms with Crippen molar-refractivity contribution in [3.63, 3.8) is 0 Å². The molecule has 0 aliphatic rings. The summed E-state index contributed by atoms with van der Waals surface area (Å²) in [5.41, 5.74) is 1.21. The molecule has 0 fully saturated rings. The number of hydrogen-bond donors (Lipinski definition) is 1. The Hall–Kier alpha value is -0.650. The summed E-state index contributed by atoms with van der Waals surface area (Å²) in [6, 6.07) is 0. The summed E-state index contributed by atoms with van der Waals surface area (Å²) in [5, 5.41) is 4.46. The van der Waals surface area contributed by atoms with Crippen LogP contribution in [0.3, 0.4) is 0 Å². The molecule has 0 saturated carbocycles. The van der Waals surface area contributed by atoms with Crippen LogP contribution in [0, 0.1) is 0 Å².